The summed E-state index contributed by atoms with van der Waals surface area (Å²) in [5, 5.41) is 0. The molecule has 1 aromatic rings. The zero-order valence-electron chi connectivity index (χ0n) is 14.9. The monoisotopic (exact) mass is 344 g/mol. The molecule has 6 heteroatoms. The lowest BCUT2D eigenvalue weighted by Crippen LogP contribution is -2.54. The quantitative estimate of drug-likeness (QED) is 0.784. The molecule has 0 bridgehead atoms. The molecule has 0 aromatic carbocycles. The van der Waals surface area contributed by atoms with Gasteiger partial charge in [0.1, 0.15) is 0 Å². The van der Waals surface area contributed by atoms with Crippen molar-refractivity contribution in [2.24, 2.45) is 5.41 Å². The smallest absolute Gasteiger partial charge is 0.320 e. The summed E-state index contributed by atoms with van der Waals surface area (Å²) in [4.78, 5) is 23.6. The highest BCUT2D eigenvalue weighted by Gasteiger charge is 2.41. The standard InChI is InChI=1S/C19H28N4O2/c24-18(21-8-1-2-9-21)23-10-4-6-19(15-23)14-22(11-12-25-16-19)17-5-3-7-20-13-17/h3,5,7,13H,1-2,4,6,8-12,14-16H2. The molecule has 1 atom stereocenters. The van der Waals surface area contributed by atoms with Gasteiger partial charge in [-0.1, -0.05) is 0 Å². The fourth-order valence-corrected chi connectivity index (χ4v) is 4.48. The van der Waals surface area contributed by atoms with E-state index in [1.807, 2.05) is 23.4 Å². The van der Waals surface area contributed by atoms with E-state index in [9.17, 15) is 4.79 Å². The van der Waals surface area contributed by atoms with Crippen molar-refractivity contribution in [1.82, 2.24) is 14.8 Å². The van der Waals surface area contributed by atoms with Gasteiger partial charge in [0.2, 0.25) is 0 Å². The Morgan fingerprint density at radius 2 is 1.92 bits per heavy atom. The second kappa shape index (κ2) is 7.20. The summed E-state index contributed by atoms with van der Waals surface area (Å²) < 4.78 is 5.98. The molecule has 3 aliphatic heterocycles. The van der Waals surface area contributed by atoms with E-state index in [1.165, 1.54) is 0 Å². The number of hydrogen-bond acceptors (Lipinski definition) is 4. The normalized spacial score (nSPS) is 27.6. The first kappa shape index (κ1) is 16.6. The van der Waals surface area contributed by atoms with Gasteiger partial charge in [0.15, 0.2) is 0 Å². The molecular weight excluding hydrogens is 316 g/mol. The Bertz CT molecular complexity index is 590. The Balaban J connectivity index is 1.49. The van der Waals surface area contributed by atoms with Crippen LogP contribution in [0.3, 0.4) is 0 Å². The van der Waals surface area contributed by atoms with Crippen molar-refractivity contribution in [2.75, 3.05) is 57.4 Å². The fourth-order valence-electron chi connectivity index (χ4n) is 4.48. The van der Waals surface area contributed by atoms with E-state index in [1.54, 1.807) is 0 Å². The third-order valence-electron chi connectivity index (χ3n) is 5.76. The Labute approximate surface area is 149 Å². The van der Waals surface area contributed by atoms with Gasteiger partial charge in [-0.3, -0.25) is 4.98 Å². The minimum atomic E-state index is 0.0278. The number of carbonyl (C=O) groups is 1. The molecule has 0 N–H and O–H groups in total. The number of carbonyl (C=O) groups excluding carboxylic acids is 1. The van der Waals surface area contributed by atoms with Crippen LogP contribution in [0.25, 0.3) is 0 Å². The maximum Gasteiger partial charge on any atom is 0.320 e. The van der Waals surface area contributed by atoms with Gasteiger partial charge in [-0.25, -0.2) is 4.79 Å². The molecule has 0 saturated carbocycles. The van der Waals surface area contributed by atoms with E-state index in [4.69, 9.17) is 4.74 Å². The van der Waals surface area contributed by atoms with E-state index in [2.05, 4.69) is 20.9 Å². The van der Waals surface area contributed by atoms with Crippen LogP contribution in [-0.4, -0.2) is 73.3 Å². The second-order valence-electron chi connectivity index (χ2n) is 7.69. The number of nitrogens with zero attached hydrogens (tertiary/aromatic N) is 4. The van der Waals surface area contributed by atoms with Gasteiger partial charge >= 0.3 is 6.03 Å². The molecule has 3 fully saturated rings. The number of likely N-dealkylation sites (tertiary alicyclic amines) is 2. The first-order chi connectivity index (χ1) is 12.3. The van der Waals surface area contributed by atoms with Crippen molar-refractivity contribution in [2.45, 2.75) is 25.7 Å². The van der Waals surface area contributed by atoms with Gasteiger partial charge in [0.25, 0.3) is 0 Å². The summed E-state index contributed by atoms with van der Waals surface area (Å²) in [7, 11) is 0. The van der Waals surface area contributed by atoms with Crippen LogP contribution in [0.2, 0.25) is 0 Å². The van der Waals surface area contributed by atoms with Crippen LogP contribution in [0.15, 0.2) is 24.5 Å². The molecule has 2 amide bonds. The van der Waals surface area contributed by atoms with Crippen LogP contribution in [0.4, 0.5) is 10.5 Å². The molecule has 3 saturated heterocycles. The van der Waals surface area contributed by atoms with Crippen LogP contribution in [-0.2, 0) is 4.74 Å². The number of urea groups is 1. The minimum absolute atomic E-state index is 0.0278. The van der Waals surface area contributed by atoms with Crippen LogP contribution in [0.1, 0.15) is 25.7 Å². The molecule has 1 unspecified atom stereocenters. The lowest BCUT2D eigenvalue weighted by molar-refractivity contribution is 0.0200. The summed E-state index contributed by atoms with van der Waals surface area (Å²) >= 11 is 0. The SMILES string of the molecule is O=C(N1CCCC1)N1CCCC2(COCCN(c3cccnc3)C2)C1. The molecule has 3 aliphatic rings. The number of pyridine rings is 1. The number of rotatable bonds is 1. The lowest BCUT2D eigenvalue weighted by Gasteiger charge is -2.44. The Morgan fingerprint density at radius 1 is 1.08 bits per heavy atom. The van der Waals surface area contributed by atoms with E-state index < -0.39 is 0 Å². The number of anilines is 1. The number of aromatic nitrogens is 1. The second-order valence-corrected chi connectivity index (χ2v) is 7.69. The van der Waals surface area contributed by atoms with Gasteiger partial charge in [0.05, 0.1) is 25.1 Å². The Hall–Kier alpha value is -1.82. The van der Waals surface area contributed by atoms with Gasteiger partial charge in [0, 0.05) is 50.9 Å². The third-order valence-corrected chi connectivity index (χ3v) is 5.76. The van der Waals surface area contributed by atoms with Crippen LogP contribution < -0.4 is 4.90 Å². The zero-order valence-corrected chi connectivity index (χ0v) is 14.9. The van der Waals surface area contributed by atoms with Crippen molar-refractivity contribution < 1.29 is 9.53 Å². The summed E-state index contributed by atoms with van der Waals surface area (Å²) in [6.45, 7) is 6.81. The fraction of sp³-hybridized carbons (Fsp3) is 0.684. The summed E-state index contributed by atoms with van der Waals surface area (Å²) in [6, 6.07) is 4.33. The number of piperidine rings is 1. The van der Waals surface area contributed by atoms with Crippen LogP contribution in [0, 0.1) is 5.41 Å². The maximum atomic E-state index is 12.9. The first-order valence-corrected chi connectivity index (χ1v) is 9.52. The molecular formula is C19H28N4O2. The van der Waals surface area contributed by atoms with Crippen molar-refractivity contribution in [3.63, 3.8) is 0 Å². The summed E-state index contributed by atoms with van der Waals surface area (Å²) in [6.07, 6.45) is 8.20. The highest BCUT2D eigenvalue weighted by molar-refractivity contribution is 5.75. The molecule has 0 radical (unpaired) electrons. The van der Waals surface area contributed by atoms with Gasteiger partial charge in [-0.2, -0.15) is 0 Å². The number of amides is 2. The molecule has 6 nitrogen and oxygen atoms in total. The van der Waals surface area contributed by atoms with Crippen molar-refractivity contribution in [3.8, 4) is 0 Å². The topological polar surface area (TPSA) is 48.9 Å². The van der Waals surface area contributed by atoms with E-state index in [-0.39, 0.29) is 11.4 Å². The van der Waals surface area contributed by atoms with Gasteiger partial charge < -0.3 is 19.4 Å². The number of ether oxygens (including phenoxy) is 1. The third kappa shape index (κ3) is 3.59. The van der Waals surface area contributed by atoms with E-state index in [0.717, 1.165) is 83.9 Å². The molecule has 1 spiro atoms. The predicted octanol–water partition coefficient (Wildman–Crippen LogP) is 2.22. The maximum absolute atomic E-state index is 12.9. The van der Waals surface area contributed by atoms with Gasteiger partial charge in [-0.15, -0.1) is 0 Å². The van der Waals surface area contributed by atoms with Gasteiger partial charge in [-0.05, 0) is 37.8 Å². The average Bonchev–Trinajstić information content (AvgIpc) is 3.12. The summed E-state index contributed by atoms with van der Waals surface area (Å²) in [5.41, 5.74) is 1.18. The molecule has 0 aliphatic carbocycles. The highest BCUT2D eigenvalue weighted by atomic mass is 16.5. The van der Waals surface area contributed by atoms with Crippen molar-refractivity contribution in [3.05, 3.63) is 24.5 Å². The minimum Gasteiger partial charge on any atom is -0.379 e. The Kier molecular flexibility index (Phi) is 4.79. The van der Waals surface area contributed by atoms with E-state index in [0.29, 0.717) is 0 Å². The van der Waals surface area contributed by atoms with Crippen molar-refractivity contribution >= 4 is 11.7 Å². The lowest BCUT2D eigenvalue weighted by atomic mass is 9.80. The molecule has 136 valence electrons. The average molecular weight is 344 g/mol. The van der Waals surface area contributed by atoms with E-state index >= 15 is 0 Å². The number of hydrogen-bond donors (Lipinski definition) is 0. The predicted molar refractivity (Wildman–Crippen MR) is 96.7 cm³/mol. The molecule has 25 heavy (non-hydrogen) atoms. The van der Waals surface area contributed by atoms with Crippen LogP contribution >= 0.6 is 0 Å². The molecule has 4 rings (SSSR count). The Morgan fingerprint density at radius 3 is 2.72 bits per heavy atom. The largest absolute Gasteiger partial charge is 0.379 e. The molecule has 1 aromatic heterocycles. The zero-order chi connectivity index (χ0) is 17.1. The highest BCUT2D eigenvalue weighted by Crippen LogP contribution is 2.35. The first-order valence-electron chi connectivity index (χ1n) is 9.52. The molecule has 4 heterocycles. The summed E-state index contributed by atoms with van der Waals surface area (Å²) in [5.74, 6) is 0. The van der Waals surface area contributed by atoms with Crippen molar-refractivity contribution in [1.29, 1.82) is 0 Å². The van der Waals surface area contributed by atoms with Crippen LogP contribution in [0.5, 0.6) is 0 Å².